The number of urea groups is 1. The molecule has 30 heavy (non-hydrogen) atoms. The zero-order valence-electron chi connectivity index (χ0n) is 17.5. The highest BCUT2D eigenvalue weighted by atomic mass is 16.2. The van der Waals surface area contributed by atoms with E-state index in [2.05, 4.69) is 52.7 Å². The highest BCUT2D eigenvalue weighted by molar-refractivity contribution is 6.10. The van der Waals surface area contributed by atoms with Crippen molar-refractivity contribution in [1.82, 2.24) is 5.01 Å². The molecule has 5 nitrogen and oxygen atoms in total. The lowest BCUT2D eigenvalue weighted by molar-refractivity contribution is 0.178. The molecule has 0 aromatic heterocycles. The quantitative estimate of drug-likeness (QED) is 0.738. The second-order valence-corrected chi connectivity index (χ2v) is 8.69. The van der Waals surface area contributed by atoms with Crippen LogP contribution in [0.15, 0.2) is 59.7 Å². The van der Waals surface area contributed by atoms with Crippen LogP contribution in [0.25, 0.3) is 0 Å². The number of nitrogens with one attached hydrogen (secondary N) is 1. The van der Waals surface area contributed by atoms with E-state index in [0.29, 0.717) is 5.92 Å². The molecule has 1 saturated heterocycles. The molecular weight excluding hydrogens is 372 g/mol. The van der Waals surface area contributed by atoms with E-state index in [0.717, 1.165) is 42.9 Å². The third-order valence-electron chi connectivity index (χ3n) is 6.79. The van der Waals surface area contributed by atoms with E-state index in [4.69, 9.17) is 5.10 Å². The van der Waals surface area contributed by atoms with Gasteiger partial charge in [0.1, 0.15) is 0 Å². The second-order valence-electron chi connectivity index (χ2n) is 8.69. The number of amides is 2. The molecule has 1 N–H and O–H groups in total. The van der Waals surface area contributed by atoms with Crippen molar-refractivity contribution < 1.29 is 4.79 Å². The number of hydrogen-bond donors (Lipinski definition) is 1. The fourth-order valence-corrected chi connectivity index (χ4v) is 5.14. The number of para-hydroxylation sites is 2. The molecule has 0 bridgehead atoms. The highest BCUT2D eigenvalue weighted by Crippen LogP contribution is 2.33. The van der Waals surface area contributed by atoms with Crippen molar-refractivity contribution >= 4 is 23.1 Å². The predicted molar refractivity (Wildman–Crippen MR) is 122 cm³/mol. The van der Waals surface area contributed by atoms with Crippen molar-refractivity contribution in [3.8, 4) is 0 Å². The molecule has 0 radical (unpaired) electrons. The van der Waals surface area contributed by atoms with Gasteiger partial charge in [-0.3, -0.25) is 0 Å². The Kier molecular flexibility index (Phi) is 5.43. The Hall–Kier alpha value is -2.82. The van der Waals surface area contributed by atoms with E-state index in [1.807, 2.05) is 12.1 Å². The fourth-order valence-electron chi connectivity index (χ4n) is 5.14. The SMILES string of the molecule is O=C1Nc2ccccc2C(C2CCCCC2)=NN1C1CCN(c2ccccc2)CC1. The number of nitrogens with zero attached hydrogens (tertiary/aromatic N) is 3. The zero-order chi connectivity index (χ0) is 20.3. The second kappa shape index (κ2) is 8.50. The van der Waals surface area contributed by atoms with Crippen molar-refractivity contribution in [2.24, 2.45) is 11.0 Å². The molecule has 0 spiro atoms. The van der Waals surface area contributed by atoms with E-state index < -0.39 is 0 Å². The molecule has 2 amide bonds. The van der Waals surface area contributed by atoms with Gasteiger partial charge in [-0.1, -0.05) is 55.7 Å². The van der Waals surface area contributed by atoms with Crippen LogP contribution in [0.3, 0.4) is 0 Å². The van der Waals surface area contributed by atoms with Gasteiger partial charge in [-0.25, -0.2) is 9.80 Å². The molecule has 2 fully saturated rings. The van der Waals surface area contributed by atoms with Crippen LogP contribution in [0.4, 0.5) is 16.2 Å². The lowest BCUT2D eigenvalue weighted by Gasteiger charge is -2.37. The molecule has 2 aliphatic heterocycles. The van der Waals surface area contributed by atoms with Gasteiger partial charge in [0.25, 0.3) is 0 Å². The van der Waals surface area contributed by atoms with Gasteiger partial charge in [0, 0.05) is 30.3 Å². The molecule has 1 saturated carbocycles. The minimum atomic E-state index is -0.0913. The van der Waals surface area contributed by atoms with Crippen molar-refractivity contribution in [3.63, 3.8) is 0 Å². The smallest absolute Gasteiger partial charge is 0.342 e. The Bertz CT molecular complexity index is 912. The number of piperidine rings is 1. The summed E-state index contributed by atoms with van der Waals surface area (Å²) >= 11 is 0. The molecular formula is C25H30N4O. The molecule has 1 aliphatic carbocycles. The summed E-state index contributed by atoms with van der Waals surface area (Å²) in [6.45, 7) is 1.89. The maximum Gasteiger partial charge on any atom is 0.342 e. The zero-order valence-corrected chi connectivity index (χ0v) is 17.5. The highest BCUT2D eigenvalue weighted by Gasteiger charge is 2.33. The molecule has 5 heteroatoms. The third-order valence-corrected chi connectivity index (χ3v) is 6.79. The maximum atomic E-state index is 13.2. The van der Waals surface area contributed by atoms with Crippen LogP contribution < -0.4 is 10.2 Å². The number of carbonyl (C=O) groups is 1. The van der Waals surface area contributed by atoms with Gasteiger partial charge in [0.15, 0.2) is 0 Å². The Morgan fingerprint density at radius 2 is 1.53 bits per heavy atom. The van der Waals surface area contributed by atoms with Crippen LogP contribution in [0, 0.1) is 5.92 Å². The number of hydrazone groups is 1. The number of rotatable bonds is 3. The standard InChI is InChI=1S/C25H30N4O/c30-25-26-23-14-8-7-13-22(23)24(19-9-3-1-4-10-19)27-29(25)21-15-17-28(18-16-21)20-11-5-2-6-12-20/h2,5-8,11-14,19,21H,1,3-4,9-10,15-18H2,(H,26,30). The molecule has 2 aromatic carbocycles. The van der Waals surface area contributed by atoms with E-state index in [-0.39, 0.29) is 12.1 Å². The number of fused-ring (bicyclic) bond motifs is 1. The van der Waals surface area contributed by atoms with Crippen molar-refractivity contribution in [1.29, 1.82) is 0 Å². The van der Waals surface area contributed by atoms with Gasteiger partial charge in [0.2, 0.25) is 0 Å². The summed E-state index contributed by atoms with van der Waals surface area (Å²) in [7, 11) is 0. The fraction of sp³-hybridized carbons (Fsp3) is 0.440. The van der Waals surface area contributed by atoms with Crippen LogP contribution in [0.5, 0.6) is 0 Å². The molecule has 156 valence electrons. The third kappa shape index (κ3) is 3.81. The largest absolute Gasteiger partial charge is 0.371 e. The van der Waals surface area contributed by atoms with Gasteiger partial charge >= 0.3 is 6.03 Å². The summed E-state index contributed by atoms with van der Waals surface area (Å²) in [6.07, 6.45) is 8.01. The molecule has 2 aromatic rings. The predicted octanol–water partition coefficient (Wildman–Crippen LogP) is 5.49. The summed E-state index contributed by atoms with van der Waals surface area (Å²) < 4.78 is 0. The lowest BCUT2D eigenvalue weighted by Crippen LogP contribution is -2.46. The average molecular weight is 403 g/mol. The van der Waals surface area contributed by atoms with E-state index >= 15 is 0 Å². The monoisotopic (exact) mass is 402 g/mol. The van der Waals surface area contributed by atoms with Crippen LogP contribution in [-0.4, -0.2) is 35.9 Å². The minimum absolute atomic E-state index is 0.0913. The summed E-state index contributed by atoms with van der Waals surface area (Å²) in [5.41, 5.74) is 4.36. The average Bonchev–Trinajstić information content (AvgIpc) is 2.96. The van der Waals surface area contributed by atoms with Crippen LogP contribution in [-0.2, 0) is 0 Å². The Morgan fingerprint density at radius 3 is 2.30 bits per heavy atom. The summed E-state index contributed by atoms with van der Waals surface area (Å²) in [6, 6.07) is 18.8. The van der Waals surface area contributed by atoms with Gasteiger partial charge in [-0.05, 0) is 43.9 Å². The lowest BCUT2D eigenvalue weighted by atomic mass is 9.83. The van der Waals surface area contributed by atoms with Crippen molar-refractivity contribution in [3.05, 3.63) is 60.2 Å². The van der Waals surface area contributed by atoms with Gasteiger partial charge in [-0.15, -0.1) is 0 Å². The summed E-state index contributed by atoms with van der Waals surface area (Å²) in [4.78, 5) is 15.6. The van der Waals surface area contributed by atoms with Crippen LogP contribution in [0.2, 0.25) is 0 Å². The molecule has 0 atom stereocenters. The van der Waals surface area contributed by atoms with E-state index in [1.165, 1.54) is 37.8 Å². The summed E-state index contributed by atoms with van der Waals surface area (Å²) in [5.74, 6) is 0.444. The first kappa shape index (κ1) is 19.2. The molecule has 2 heterocycles. The first-order valence-corrected chi connectivity index (χ1v) is 11.4. The normalized spacial score (nSPS) is 20.9. The Balaban J connectivity index is 1.40. The van der Waals surface area contributed by atoms with Crippen LogP contribution >= 0.6 is 0 Å². The van der Waals surface area contributed by atoms with Gasteiger partial charge < -0.3 is 10.2 Å². The van der Waals surface area contributed by atoms with Crippen LogP contribution in [0.1, 0.15) is 50.5 Å². The number of benzene rings is 2. The topological polar surface area (TPSA) is 47.9 Å². The number of hydrogen-bond acceptors (Lipinski definition) is 3. The minimum Gasteiger partial charge on any atom is -0.371 e. The number of carbonyl (C=O) groups excluding carboxylic acids is 1. The first-order valence-electron chi connectivity index (χ1n) is 11.4. The van der Waals surface area contributed by atoms with Crippen molar-refractivity contribution in [2.45, 2.75) is 51.0 Å². The molecule has 0 unspecified atom stereocenters. The van der Waals surface area contributed by atoms with Gasteiger partial charge in [0.05, 0.1) is 17.4 Å². The molecule has 3 aliphatic rings. The Labute approximate surface area is 178 Å². The number of anilines is 2. The first-order chi connectivity index (χ1) is 14.8. The molecule has 5 rings (SSSR count). The van der Waals surface area contributed by atoms with Gasteiger partial charge in [-0.2, -0.15) is 5.10 Å². The van der Waals surface area contributed by atoms with E-state index in [1.54, 1.807) is 5.01 Å². The Morgan fingerprint density at radius 1 is 0.833 bits per heavy atom. The van der Waals surface area contributed by atoms with Crippen molar-refractivity contribution in [2.75, 3.05) is 23.3 Å². The van der Waals surface area contributed by atoms with E-state index in [9.17, 15) is 4.79 Å². The maximum absolute atomic E-state index is 13.2. The summed E-state index contributed by atoms with van der Waals surface area (Å²) in [5, 5.41) is 9.97.